The Balaban J connectivity index is 1.70. The van der Waals surface area contributed by atoms with Gasteiger partial charge in [0.2, 0.25) is 0 Å². The van der Waals surface area contributed by atoms with Gasteiger partial charge in [-0.2, -0.15) is 0 Å². The maximum atomic E-state index is 13.5. The summed E-state index contributed by atoms with van der Waals surface area (Å²) in [4.78, 5) is 10.8. The summed E-state index contributed by atoms with van der Waals surface area (Å²) in [5.41, 5.74) is 0.697. The van der Waals surface area contributed by atoms with E-state index in [1.165, 1.54) is 6.07 Å². The molecule has 0 radical (unpaired) electrons. The predicted molar refractivity (Wildman–Crippen MR) is 97.4 cm³/mol. The van der Waals surface area contributed by atoms with Crippen molar-refractivity contribution in [3.8, 4) is 0 Å². The molecule has 1 aliphatic rings. The van der Waals surface area contributed by atoms with Gasteiger partial charge in [-0.05, 0) is 30.5 Å². The lowest BCUT2D eigenvalue weighted by Crippen LogP contribution is -2.33. The Morgan fingerprint density at radius 3 is 2.92 bits per heavy atom. The third kappa shape index (κ3) is 4.07. The highest BCUT2D eigenvalue weighted by molar-refractivity contribution is 5.50. The molecule has 0 saturated carbocycles. The summed E-state index contributed by atoms with van der Waals surface area (Å²) in [6.45, 7) is 5.80. The Morgan fingerprint density at radius 2 is 2.16 bits per heavy atom. The molecule has 1 atom stereocenters. The molecule has 0 bridgehead atoms. The molecule has 6 heteroatoms. The number of aromatic nitrogens is 2. The monoisotopic (exact) mass is 344 g/mol. The molecule has 1 aromatic carbocycles. The van der Waals surface area contributed by atoms with E-state index in [2.05, 4.69) is 34.0 Å². The second-order valence-corrected chi connectivity index (χ2v) is 7.18. The van der Waals surface area contributed by atoms with Crippen LogP contribution in [-0.2, 0) is 5.41 Å². The van der Waals surface area contributed by atoms with E-state index in [-0.39, 0.29) is 23.9 Å². The first-order chi connectivity index (χ1) is 12.0. The van der Waals surface area contributed by atoms with E-state index in [1.807, 2.05) is 12.1 Å². The van der Waals surface area contributed by atoms with Crippen molar-refractivity contribution in [1.82, 2.24) is 9.97 Å². The number of halogens is 1. The fraction of sp³-hybridized carbons (Fsp3) is 0.474. The summed E-state index contributed by atoms with van der Waals surface area (Å²) >= 11 is 0. The summed E-state index contributed by atoms with van der Waals surface area (Å²) in [5, 5.41) is 12.8. The average molecular weight is 344 g/mol. The number of nitrogens with zero attached hydrogens (tertiary/aromatic N) is 3. The second kappa shape index (κ2) is 7.35. The fourth-order valence-electron chi connectivity index (χ4n) is 3.25. The van der Waals surface area contributed by atoms with E-state index in [4.69, 9.17) is 0 Å². The van der Waals surface area contributed by atoms with Crippen LogP contribution in [0.1, 0.15) is 32.3 Å². The first kappa shape index (κ1) is 17.6. The highest BCUT2D eigenvalue weighted by Crippen LogP contribution is 2.27. The first-order valence-corrected chi connectivity index (χ1v) is 8.69. The molecular formula is C19H25FN4O. The average Bonchev–Trinajstić information content (AvgIpc) is 3.09. The van der Waals surface area contributed by atoms with Crippen molar-refractivity contribution in [2.75, 3.05) is 29.9 Å². The Morgan fingerprint density at radius 1 is 1.32 bits per heavy atom. The summed E-state index contributed by atoms with van der Waals surface area (Å²) in [7, 11) is 0. The number of benzene rings is 1. The highest BCUT2D eigenvalue weighted by atomic mass is 19.1. The maximum absolute atomic E-state index is 13.5. The van der Waals surface area contributed by atoms with Crippen LogP contribution in [0.5, 0.6) is 0 Å². The van der Waals surface area contributed by atoms with Crippen LogP contribution in [0.2, 0.25) is 0 Å². The maximum Gasteiger partial charge on any atom is 0.134 e. The first-order valence-electron chi connectivity index (χ1n) is 8.69. The zero-order valence-corrected chi connectivity index (χ0v) is 14.7. The topological polar surface area (TPSA) is 61.3 Å². The minimum atomic E-state index is -0.242. The van der Waals surface area contributed by atoms with Gasteiger partial charge in [-0.25, -0.2) is 14.4 Å². The normalized spacial score (nSPS) is 17.8. The van der Waals surface area contributed by atoms with E-state index in [9.17, 15) is 9.50 Å². The van der Waals surface area contributed by atoms with Crippen LogP contribution in [0.3, 0.4) is 0 Å². The quantitative estimate of drug-likeness (QED) is 0.844. The van der Waals surface area contributed by atoms with E-state index < -0.39 is 0 Å². The van der Waals surface area contributed by atoms with Crippen LogP contribution in [-0.4, -0.2) is 40.8 Å². The number of hydrogen-bond donors (Lipinski definition) is 2. The van der Waals surface area contributed by atoms with Crippen molar-refractivity contribution >= 4 is 11.6 Å². The van der Waals surface area contributed by atoms with Crippen molar-refractivity contribution in [3.05, 3.63) is 48.0 Å². The minimum Gasteiger partial charge on any atom is -0.394 e. The zero-order valence-electron chi connectivity index (χ0n) is 14.7. The van der Waals surface area contributed by atoms with Crippen molar-refractivity contribution in [2.45, 2.75) is 38.1 Å². The third-order valence-corrected chi connectivity index (χ3v) is 4.85. The number of nitrogens with one attached hydrogen (secondary N) is 1. The lowest BCUT2D eigenvalue weighted by Gasteiger charge is -2.27. The Kier molecular flexibility index (Phi) is 5.18. The van der Waals surface area contributed by atoms with Crippen molar-refractivity contribution in [2.24, 2.45) is 0 Å². The van der Waals surface area contributed by atoms with Gasteiger partial charge in [-0.15, -0.1) is 0 Å². The van der Waals surface area contributed by atoms with Crippen LogP contribution in [0.4, 0.5) is 16.0 Å². The molecule has 25 heavy (non-hydrogen) atoms. The number of rotatable bonds is 6. The van der Waals surface area contributed by atoms with Crippen molar-refractivity contribution in [3.63, 3.8) is 0 Å². The minimum absolute atomic E-state index is 0.131. The number of aliphatic hydroxyl groups is 1. The smallest absolute Gasteiger partial charge is 0.134 e. The molecule has 2 heterocycles. The molecule has 2 N–H and O–H groups in total. The Hall–Kier alpha value is -2.21. The standard InChI is InChI=1S/C19H25FN4O/c1-19(2,14-5-3-6-15(20)9-14)12-21-17-10-18(23-13-22-17)24-8-4-7-16(24)11-25/h3,5-6,9-10,13,16,25H,4,7-8,11-12H2,1-2H3,(H,21,22,23). The van der Waals surface area contributed by atoms with Crippen LogP contribution < -0.4 is 10.2 Å². The molecule has 1 aliphatic heterocycles. The number of aliphatic hydroxyl groups excluding tert-OH is 1. The van der Waals surface area contributed by atoms with Crippen LogP contribution in [0, 0.1) is 5.82 Å². The summed E-state index contributed by atoms with van der Waals surface area (Å²) in [5.74, 6) is 1.34. The van der Waals surface area contributed by atoms with Gasteiger partial charge in [0.15, 0.2) is 0 Å². The van der Waals surface area contributed by atoms with Gasteiger partial charge >= 0.3 is 0 Å². The molecule has 0 aliphatic carbocycles. The SMILES string of the molecule is CC(C)(CNc1cc(N2CCCC2CO)ncn1)c1cccc(F)c1. The lowest BCUT2D eigenvalue weighted by atomic mass is 9.84. The number of anilines is 2. The molecule has 3 rings (SSSR count). The molecule has 5 nitrogen and oxygen atoms in total. The van der Waals surface area contributed by atoms with Gasteiger partial charge in [0.25, 0.3) is 0 Å². The van der Waals surface area contributed by atoms with E-state index in [0.29, 0.717) is 6.54 Å². The summed E-state index contributed by atoms with van der Waals surface area (Å²) < 4.78 is 13.5. The van der Waals surface area contributed by atoms with Crippen molar-refractivity contribution < 1.29 is 9.50 Å². The Labute approximate surface area is 147 Å². The molecule has 0 amide bonds. The lowest BCUT2D eigenvalue weighted by molar-refractivity contribution is 0.266. The molecule has 1 aromatic heterocycles. The predicted octanol–water partition coefficient (Wildman–Crippen LogP) is 2.97. The summed E-state index contributed by atoms with van der Waals surface area (Å²) in [6.07, 6.45) is 3.58. The largest absolute Gasteiger partial charge is 0.394 e. The van der Waals surface area contributed by atoms with Crippen LogP contribution in [0.25, 0.3) is 0 Å². The molecule has 134 valence electrons. The van der Waals surface area contributed by atoms with E-state index in [1.54, 1.807) is 18.5 Å². The van der Waals surface area contributed by atoms with Gasteiger partial charge in [0.05, 0.1) is 12.6 Å². The molecule has 0 spiro atoms. The molecule has 1 saturated heterocycles. The molecule has 2 aromatic rings. The van der Waals surface area contributed by atoms with Gasteiger partial charge in [0, 0.05) is 24.6 Å². The molecule has 1 unspecified atom stereocenters. The van der Waals surface area contributed by atoms with Gasteiger partial charge in [-0.3, -0.25) is 0 Å². The van der Waals surface area contributed by atoms with E-state index in [0.717, 1.165) is 36.6 Å². The van der Waals surface area contributed by atoms with Gasteiger partial charge in [0.1, 0.15) is 23.8 Å². The van der Waals surface area contributed by atoms with Crippen LogP contribution in [0.15, 0.2) is 36.7 Å². The summed E-state index contributed by atoms with van der Waals surface area (Å²) in [6, 6.07) is 8.74. The second-order valence-electron chi connectivity index (χ2n) is 7.18. The van der Waals surface area contributed by atoms with Crippen LogP contribution >= 0.6 is 0 Å². The fourth-order valence-corrected chi connectivity index (χ4v) is 3.25. The third-order valence-electron chi connectivity index (χ3n) is 4.85. The Bertz CT molecular complexity index is 722. The highest BCUT2D eigenvalue weighted by Gasteiger charge is 2.25. The molecular weight excluding hydrogens is 319 g/mol. The molecule has 1 fully saturated rings. The zero-order chi connectivity index (χ0) is 17.9. The van der Waals surface area contributed by atoms with Gasteiger partial charge in [-0.1, -0.05) is 26.0 Å². The number of hydrogen-bond acceptors (Lipinski definition) is 5. The van der Waals surface area contributed by atoms with Gasteiger partial charge < -0.3 is 15.3 Å². The van der Waals surface area contributed by atoms with Crippen molar-refractivity contribution in [1.29, 1.82) is 0 Å². The van der Waals surface area contributed by atoms with E-state index >= 15 is 0 Å².